The summed E-state index contributed by atoms with van der Waals surface area (Å²) < 4.78 is 22.1. The van der Waals surface area contributed by atoms with Gasteiger partial charge in [-0.2, -0.15) is 0 Å². The van der Waals surface area contributed by atoms with E-state index in [0.29, 0.717) is 0 Å². The number of rotatable bonds is 3. The molecule has 0 bridgehead atoms. The Morgan fingerprint density at radius 2 is 1.50 bits per heavy atom. The summed E-state index contributed by atoms with van der Waals surface area (Å²) in [5.74, 6) is 0. The van der Waals surface area contributed by atoms with Crippen LogP contribution in [-0.4, -0.2) is 19.8 Å². The molecule has 0 fully saturated rings. The fourth-order valence-electron chi connectivity index (χ4n) is 1.20. The van der Waals surface area contributed by atoms with Crippen molar-refractivity contribution in [3.8, 4) is 0 Å². The maximum absolute atomic E-state index is 11.1. The summed E-state index contributed by atoms with van der Waals surface area (Å²) in [5.41, 5.74) is 4.83. The minimum Gasteiger partial charge on any atom is -0.776 e. The van der Waals surface area contributed by atoms with Crippen molar-refractivity contribution in [2.45, 2.75) is 5.08 Å². The van der Waals surface area contributed by atoms with E-state index in [-0.39, 0.29) is 35.2 Å². The van der Waals surface area contributed by atoms with Crippen LogP contribution in [0.1, 0.15) is 5.56 Å². The van der Waals surface area contributed by atoms with Crippen LogP contribution in [0.3, 0.4) is 0 Å². The molecule has 0 aliphatic carbocycles. The van der Waals surface area contributed by atoms with E-state index >= 15 is 0 Å². The van der Waals surface area contributed by atoms with Crippen LogP contribution in [0.15, 0.2) is 24.3 Å². The Bertz CT molecular complexity index is 485. The Kier molecular flexibility index (Phi) is 5.82. The maximum Gasteiger partial charge on any atom is 1.00 e. The van der Waals surface area contributed by atoms with Crippen LogP contribution in [0.2, 0.25) is 0 Å². The van der Waals surface area contributed by atoms with Crippen molar-refractivity contribution in [2.75, 3.05) is 5.73 Å². The monoisotopic (exact) mass is 305 g/mol. The number of hydrogen-bond acceptors (Lipinski definition) is 5. The largest absolute Gasteiger partial charge is 1.00 e. The quantitative estimate of drug-likeness (QED) is 0.215. The first-order valence-corrected chi connectivity index (χ1v) is 7.37. The molecule has 2 unspecified atom stereocenters. The molecule has 0 radical (unpaired) electrons. The number of hydrogen-bond donors (Lipinski definition) is 5. The minimum absolute atomic E-state index is 0. The van der Waals surface area contributed by atoms with E-state index in [9.17, 15) is 19.1 Å². The predicted octanol–water partition coefficient (Wildman–Crippen LogP) is -3.90. The average molecular weight is 305 g/mol. The van der Waals surface area contributed by atoms with Gasteiger partial charge in [-0.15, -0.1) is 0 Å². The molecule has 1 aromatic rings. The smallest absolute Gasteiger partial charge is 0.776 e. The molecule has 8 nitrogen and oxygen atoms in total. The number of nitrogens with two attached hydrogens (primary N) is 1. The van der Waals surface area contributed by atoms with Gasteiger partial charge in [-0.1, -0.05) is 12.1 Å². The van der Waals surface area contributed by atoms with Gasteiger partial charge in [0.1, 0.15) is 0 Å². The third kappa shape index (κ3) is 3.23. The fourth-order valence-corrected chi connectivity index (χ4v) is 3.48. The maximum atomic E-state index is 11.1. The van der Waals surface area contributed by atoms with Gasteiger partial charge < -0.3 is 35.0 Å². The summed E-state index contributed by atoms with van der Waals surface area (Å²) in [7, 11) is -11.3. The van der Waals surface area contributed by atoms with Crippen molar-refractivity contribution in [1.82, 2.24) is 0 Å². The summed E-state index contributed by atoms with van der Waals surface area (Å²) in [5, 5.41) is 5.94. The molecular weight excluding hydrogens is 295 g/mol. The van der Waals surface area contributed by atoms with Gasteiger partial charge in [0.2, 0.25) is 0 Å². The molecular formula is C7H10NNaO7P2. The van der Waals surface area contributed by atoms with E-state index in [1.165, 1.54) is 0 Å². The second kappa shape index (κ2) is 5.73. The van der Waals surface area contributed by atoms with Gasteiger partial charge in [0, 0.05) is 11.3 Å². The van der Waals surface area contributed by atoms with E-state index in [2.05, 4.69) is 0 Å². The first-order valence-electron chi connectivity index (χ1n) is 4.18. The van der Waals surface area contributed by atoms with Crippen molar-refractivity contribution in [3.63, 3.8) is 0 Å². The number of benzene rings is 1. The van der Waals surface area contributed by atoms with Crippen LogP contribution < -0.4 is 40.2 Å². The topological polar surface area (TPSA) is 164 Å². The molecule has 18 heavy (non-hydrogen) atoms. The van der Waals surface area contributed by atoms with E-state index in [1.807, 2.05) is 0 Å². The molecule has 11 heteroatoms. The Morgan fingerprint density at radius 3 is 1.78 bits per heavy atom. The van der Waals surface area contributed by atoms with Crippen molar-refractivity contribution in [2.24, 2.45) is 0 Å². The van der Waals surface area contributed by atoms with Crippen LogP contribution in [0, 0.1) is 0 Å². The van der Waals surface area contributed by atoms with Crippen molar-refractivity contribution in [3.05, 3.63) is 29.8 Å². The van der Waals surface area contributed by atoms with E-state index < -0.39 is 25.8 Å². The molecule has 0 aromatic heterocycles. The molecule has 0 saturated heterocycles. The van der Waals surface area contributed by atoms with E-state index in [0.717, 1.165) is 24.3 Å². The van der Waals surface area contributed by atoms with E-state index in [4.69, 9.17) is 20.4 Å². The van der Waals surface area contributed by atoms with Gasteiger partial charge in [0.15, 0.2) is 7.60 Å². The molecule has 0 amide bonds. The standard InChI is InChI=1S/C7H11NO7P2.Na/c8-6-3-1-5(2-4-6)7(9,16(10,11)12)17(13,14)15;/h1-4,9H,8H2,(H2,10,11,12)(H2,13,14,15);/q;+1/p-1. The SMILES string of the molecule is Nc1ccc(C(O)(P(=O)([O-])O)P(=O)(O)O)cc1.[Na+]. The molecule has 1 aromatic carbocycles. The molecule has 0 heterocycles. The van der Waals surface area contributed by atoms with E-state index in [1.54, 1.807) is 0 Å². The summed E-state index contributed by atoms with van der Waals surface area (Å²) in [6.45, 7) is 0. The summed E-state index contributed by atoms with van der Waals surface area (Å²) in [6.07, 6.45) is 0. The predicted molar refractivity (Wildman–Crippen MR) is 56.6 cm³/mol. The number of anilines is 1. The molecule has 2 atom stereocenters. The van der Waals surface area contributed by atoms with Crippen LogP contribution in [-0.2, 0) is 14.2 Å². The first-order chi connectivity index (χ1) is 7.50. The van der Waals surface area contributed by atoms with Crippen molar-refractivity contribution in [1.29, 1.82) is 0 Å². The van der Waals surface area contributed by atoms with Crippen LogP contribution >= 0.6 is 15.2 Å². The van der Waals surface area contributed by atoms with Gasteiger partial charge in [0.05, 0.1) is 0 Å². The molecule has 0 spiro atoms. The van der Waals surface area contributed by atoms with Gasteiger partial charge >= 0.3 is 37.2 Å². The van der Waals surface area contributed by atoms with Gasteiger partial charge in [-0.05, 0) is 12.1 Å². The fraction of sp³-hybridized carbons (Fsp3) is 0.143. The van der Waals surface area contributed by atoms with Crippen LogP contribution in [0.5, 0.6) is 0 Å². The normalized spacial score (nSPS) is 18.3. The van der Waals surface area contributed by atoms with Gasteiger partial charge in [-0.25, -0.2) is 0 Å². The van der Waals surface area contributed by atoms with Crippen LogP contribution in [0.4, 0.5) is 5.69 Å². The number of nitrogen functional groups attached to an aromatic ring is 1. The zero-order valence-corrected chi connectivity index (χ0v) is 13.1. The average Bonchev–Trinajstić information content (AvgIpc) is 2.14. The Hall–Kier alpha value is 0.280. The molecule has 0 saturated carbocycles. The zero-order chi connectivity index (χ0) is 13.5. The first kappa shape index (κ1) is 18.3. The second-order valence-corrected chi connectivity index (χ2v) is 7.10. The summed E-state index contributed by atoms with van der Waals surface area (Å²) in [6, 6.07) is 4.06. The Morgan fingerprint density at radius 1 is 1.11 bits per heavy atom. The molecule has 0 aliphatic rings. The van der Waals surface area contributed by atoms with Crippen LogP contribution in [0.25, 0.3) is 0 Å². The van der Waals surface area contributed by atoms with Gasteiger partial charge in [-0.3, -0.25) is 4.57 Å². The molecule has 0 aliphatic heterocycles. The minimum atomic E-state index is -5.74. The third-order valence-corrected chi connectivity index (χ3v) is 5.75. The Labute approximate surface area is 124 Å². The van der Waals surface area contributed by atoms with Crippen molar-refractivity contribution >= 4 is 20.9 Å². The molecule has 1 rings (SSSR count). The molecule has 96 valence electrons. The molecule has 6 N–H and O–H groups in total. The number of aliphatic hydroxyl groups is 1. The third-order valence-electron chi connectivity index (χ3n) is 2.10. The Balaban J connectivity index is 0.00000289. The van der Waals surface area contributed by atoms with Crippen molar-refractivity contribution < 1.29 is 63.4 Å². The second-order valence-electron chi connectivity index (χ2n) is 3.32. The summed E-state index contributed by atoms with van der Waals surface area (Å²) >= 11 is 0. The summed E-state index contributed by atoms with van der Waals surface area (Å²) in [4.78, 5) is 37.6. The zero-order valence-electron chi connectivity index (χ0n) is 9.29. The van der Waals surface area contributed by atoms with Gasteiger partial charge in [0.25, 0.3) is 5.08 Å².